The first-order valence-electron chi connectivity index (χ1n) is 9.51. The van der Waals surface area contributed by atoms with Crippen LogP contribution < -0.4 is 9.47 Å². The van der Waals surface area contributed by atoms with E-state index in [1.807, 2.05) is 7.05 Å². The van der Waals surface area contributed by atoms with Crippen molar-refractivity contribution < 1.29 is 22.7 Å². The number of likely N-dealkylation sites (N-methyl/N-ethyl adjacent to an activating group) is 1. The van der Waals surface area contributed by atoms with Crippen molar-refractivity contribution in [1.29, 1.82) is 0 Å². The Hall–Kier alpha value is -1.84. The molecule has 2 aliphatic rings. The molecule has 0 spiro atoms. The highest BCUT2D eigenvalue weighted by Crippen LogP contribution is 2.35. The quantitative estimate of drug-likeness (QED) is 0.718. The zero-order valence-corrected chi connectivity index (χ0v) is 17.8. The van der Waals surface area contributed by atoms with Gasteiger partial charge in [0.2, 0.25) is 15.9 Å². The Morgan fingerprint density at radius 2 is 1.64 bits per heavy atom. The van der Waals surface area contributed by atoms with Crippen molar-refractivity contribution in [1.82, 2.24) is 14.1 Å². The molecule has 0 aliphatic carbocycles. The summed E-state index contributed by atoms with van der Waals surface area (Å²) >= 11 is 0. The maximum atomic E-state index is 13.4. The molecule has 1 atom stereocenters. The van der Waals surface area contributed by atoms with Gasteiger partial charge in [0.05, 0.1) is 19.1 Å². The lowest BCUT2D eigenvalue weighted by molar-refractivity contribution is -0.136. The summed E-state index contributed by atoms with van der Waals surface area (Å²) in [4.78, 5) is 17.2. The molecule has 2 heterocycles. The number of piperazine rings is 1. The highest BCUT2D eigenvalue weighted by Gasteiger charge is 2.42. The second-order valence-corrected chi connectivity index (χ2v) is 9.23. The van der Waals surface area contributed by atoms with Crippen LogP contribution in [-0.4, -0.2) is 88.5 Å². The van der Waals surface area contributed by atoms with E-state index in [0.29, 0.717) is 49.5 Å². The third-order valence-electron chi connectivity index (χ3n) is 5.57. The van der Waals surface area contributed by atoms with Gasteiger partial charge in [-0.25, -0.2) is 8.42 Å². The maximum absolute atomic E-state index is 13.4. The number of aryl methyl sites for hydroxylation is 1. The van der Waals surface area contributed by atoms with Crippen molar-refractivity contribution in [2.75, 3.05) is 54.0 Å². The van der Waals surface area contributed by atoms with Crippen LogP contribution in [0.25, 0.3) is 0 Å². The van der Waals surface area contributed by atoms with Crippen molar-refractivity contribution in [3.8, 4) is 11.5 Å². The van der Waals surface area contributed by atoms with Crippen LogP contribution in [0.15, 0.2) is 17.0 Å². The molecular formula is C19H29N3O5S. The minimum absolute atomic E-state index is 0.0905. The fourth-order valence-corrected chi connectivity index (χ4v) is 5.75. The summed E-state index contributed by atoms with van der Waals surface area (Å²) in [6.07, 6.45) is 1.23. The molecule has 1 amide bonds. The molecule has 8 nitrogen and oxygen atoms in total. The fourth-order valence-electron chi connectivity index (χ4n) is 3.88. The number of carbonyl (C=O) groups excluding carboxylic acids is 1. The van der Waals surface area contributed by atoms with E-state index >= 15 is 0 Å². The average molecular weight is 412 g/mol. The number of carbonyl (C=O) groups is 1. The number of sulfonamides is 1. The number of benzene rings is 1. The second-order valence-electron chi connectivity index (χ2n) is 7.38. The summed E-state index contributed by atoms with van der Waals surface area (Å²) in [5.41, 5.74) is 0.565. The van der Waals surface area contributed by atoms with E-state index in [9.17, 15) is 13.2 Å². The molecule has 0 radical (unpaired) electrons. The number of amides is 1. The number of hydrogen-bond donors (Lipinski definition) is 0. The molecule has 2 fully saturated rings. The van der Waals surface area contributed by atoms with E-state index < -0.39 is 16.1 Å². The van der Waals surface area contributed by atoms with Crippen molar-refractivity contribution >= 4 is 15.9 Å². The number of methoxy groups -OCH3 is 2. The molecule has 0 saturated carbocycles. The highest BCUT2D eigenvalue weighted by molar-refractivity contribution is 7.89. The predicted molar refractivity (Wildman–Crippen MR) is 105 cm³/mol. The van der Waals surface area contributed by atoms with E-state index in [0.717, 1.165) is 13.1 Å². The smallest absolute Gasteiger partial charge is 0.244 e. The largest absolute Gasteiger partial charge is 0.493 e. The number of nitrogens with zero attached hydrogens (tertiary/aromatic N) is 3. The Balaban J connectivity index is 1.89. The molecule has 0 aromatic heterocycles. The first-order valence-corrected chi connectivity index (χ1v) is 11.0. The molecule has 0 N–H and O–H groups in total. The zero-order valence-electron chi connectivity index (χ0n) is 17.0. The summed E-state index contributed by atoms with van der Waals surface area (Å²) in [5.74, 6) is 0.741. The van der Waals surface area contributed by atoms with Crippen molar-refractivity contribution in [2.24, 2.45) is 0 Å². The van der Waals surface area contributed by atoms with Gasteiger partial charge in [0, 0.05) is 38.8 Å². The normalized spacial score (nSPS) is 21.7. The van der Waals surface area contributed by atoms with Gasteiger partial charge < -0.3 is 19.3 Å². The van der Waals surface area contributed by atoms with Crippen LogP contribution >= 0.6 is 0 Å². The molecule has 9 heteroatoms. The maximum Gasteiger partial charge on any atom is 0.244 e. The van der Waals surface area contributed by atoms with Crippen molar-refractivity contribution in [3.05, 3.63) is 17.7 Å². The summed E-state index contributed by atoms with van der Waals surface area (Å²) in [7, 11) is 1.17. The van der Waals surface area contributed by atoms with Gasteiger partial charge in [-0.3, -0.25) is 4.79 Å². The minimum atomic E-state index is -3.83. The van der Waals surface area contributed by atoms with E-state index in [4.69, 9.17) is 9.47 Å². The van der Waals surface area contributed by atoms with Crippen LogP contribution in [0.1, 0.15) is 18.4 Å². The highest BCUT2D eigenvalue weighted by atomic mass is 32.2. The number of ether oxygens (including phenoxy) is 2. The molecule has 1 aromatic rings. The van der Waals surface area contributed by atoms with Crippen LogP contribution in [0, 0.1) is 6.92 Å². The molecule has 1 unspecified atom stereocenters. The first-order chi connectivity index (χ1) is 13.3. The van der Waals surface area contributed by atoms with Crippen LogP contribution in [-0.2, 0) is 14.8 Å². The second kappa shape index (κ2) is 8.26. The fraction of sp³-hybridized carbons (Fsp3) is 0.632. The van der Waals surface area contributed by atoms with E-state index in [-0.39, 0.29) is 10.8 Å². The van der Waals surface area contributed by atoms with E-state index in [2.05, 4.69) is 4.90 Å². The van der Waals surface area contributed by atoms with Crippen molar-refractivity contribution in [3.63, 3.8) is 0 Å². The molecule has 1 aromatic carbocycles. The molecule has 3 rings (SSSR count). The van der Waals surface area contributed by atoms with Gasteiger partial charge in [-0.15, -0.1) is 0 Å². The van der Waals surface area contributed by atoms with Crippen LogP contribution in [0.3, 0.4) is 0 Å². The van der Waals surface area contributed by atoms with Crippen LogP contribution in [0.5, 0.6) is 11.5 Å². The monoisotopic (exact) mass is 411 g/mol. The Labute approximate surface area is 167 Å². The Bertz CT molecular complexity index is 834. The van der Waals surface area contributed by atoms with Gasteiger partial charge in [0.1, 0.15) is 6.04 Å². The summed E-state index contributed by atoms with van der Waals surface area (Å²) in [6, 6.07) is 2.50. The molecule has 0 bridgehead atoms. The van der Waals surface area contributed by atoms with E-state index in [1.54, 1.807) is 17.9 Å². The Morgan fingerprint density at radius 1 is 1.04 bits per heavy atom. The third kappa shape index (κ3) is 3.83. The number of rotatable bonds is 5. The van der Waals surface area contributed by atoms with Crippen LogP contribution in [0.2, 0.25) is 0 Å². The summed E-state index contributed by atoms with van der Waals surface area (Å²) in [6.45, 7) is 4.95. The Kier molecular flexibility index (Phi) is 6.16. The molecule has 156 valence electrons. The van der Waals surface area contributed by atoms with Gasteiger partial charge in [0.25, 0.3) is 0 Å². The SMILES string of the molecule is COc1cc(C)c(S(=O)(=O)N2CCCC2C(=O)N2CCN(C)CC2)cc1OC. The summed E-state index contributed by atoms with van der Waals surface area (Å²) in [5, 5.41) is 0. The average Bonchev–Trinajstić information content (AvgIpc) is 3.18. The lowest BCUT2D eigenvalue weighted by Crippen LogP contribution is -2.53. The van der Waals surface area contributed by atoms with Gasteiger partial charge >= 0.3 is 0 Å². The molecule has 2 saturated heterocycles. The van der Waals surface area contributed by atoms with Gasteiger partial charge in [-0.1, -0.05) is 0 Å². The molecular weight excluding hydrogens is 382 g/mol. The van der Waals surface area contributed by atoms with Gasteiger partial charge in [-0.2, -0.15) is 4.31 Å². The molecule has 2 aliphatic heterocycles. The first kappa shape index (κ1) is 20.9. The van der Waals surface area contributed by atoms with E-state index in [1.165, 1.54) is 24.6 Å². The van der Waals surface area contributed by atoms with Gasteiger partial charge in [-0.05, 0) is 38.4 Å². The molecule has 28 heavy (non-hydrogen) atoms. The number of hydrogen-bond acceptors (Lipinski definition) is 6. The predicted octanol–water partition coefficient (Wildman–Crippen LogP) is 0.939. The Morgan fingerprint density at radius 3 is 2.25 bits per heavy atom. The standard InChI is InChI=1S/C19H29N3O5S/c1-14-12-16(26-3)17(27-4)13-18(14)28(24,25)22-7-5-6-15(22)19(23)21-10-8-20(2)9-11-21/h12-13,15H,5-11H2,1-4H3. The van der Waals surface area contributed by atoms with Crippen molar-refractivity contribution in [2.45, 2.75) is 30.7 Å². The lowest BCUT2D eigenvalue weighted by Gasteiger charge is -2.35. The minimum Gasteiger partial charge on any atom is -0.493 e. The lowest BCUT2D eigenvalue weighted by atomic mass is 10.2. The summed E-state index contributed by atoms with van der Waals surface area (Å²) < 4.78 is 38.8. The van der Waals surface area contributed by atoms with Crippen LogP contribution in [0.4, 0.5) is 0 Å². The third-order valence-corrected chi connectivity index (χ3v) is 7.62. The van der Waals surface area contributed by atoms with Gasteiger partial charge in [0.15, 0.2) is 11.5 Å². The topological polar surface area (TPSA) is 79.4 Å². The zero-order chi connectivity index (χ0) is 20.5.